The molecule has 4 aromatic rings. The molecule has 0 radical (unpaired) electrons. The minimum atomic E-state index is -0.840. The Morgan fingerprint density at radius 1 is 1.05 bits per heavy atom. The maximum Gasteiger partial charge on any atom is 0.338 e. The third kappa shape index (κ3) is 5.71. The van der Waals surface area contributed by atoms with Crippen molar-refractivity contribution in [2.45, 2.75) is 26.5 Å². The van der Waals surface area contributed by atoms with Crippen molar-refractivity contribution >= 4 is 23.4 Å². The van der Waals surface area contributed by atoms with Gasteiger partial charge in [0.15, 0.2) is 4.80 Å². The largest absolute Gasteiger partial charge is 0.497 e. The number of carbonyl (C=O) groups excluding carboxylic acids is 1. The molecule has 1 aromatic heterocycles. The Hall–Kier alpha value is -4.70. The lowest BCUT2D eigenvalue weighted by Gasteiger charge is -2.26. The van der Waals surface area contributed by atoms with E-state index >= 15 is 0 Å². The maximum atomic E-state index is 14.0. The lowest BCUT2D eigenvalue weighted by molar-refractivity contribution is -0.139. The van der Waals surface area contributed by atoms with Gasteiger partial charge >= 0.3 is 5.97 Å². The number of thiazole rings is 1. The van der Waals surface area contributed by atoms with Crippen LogP contribution in [0.15, 0.2) is 87.8 Å². The summed E-state index contributed by atoms with van der Waals surface area (Å²) < 4.78 is 37.7. The van der Waals surface area contributed by atoms with Crippen LogP contribution in [0, 0.1) is 5.82 Å². The summed E-state index contributed by atoms with van der Waals surface area (Å²) in [5.41, 5.74) is 2.45. The van der Waals surface area contributed by atoms with Gasteiger partial charge in [-0.3, -0.25) is 9.36 Å². The van der Waals surface area contributed by atoms with Crippen LogP contribution in [0.25, 0.3) is 6.08 Å². The minimum Gasteiger partial charge on any atom is -0.497 e. The average molecular weight is 589 g/mol. The van der Waals surface area contributed by atoms with Gasteiger partial charge in [-0.15, -0.1) is 0 Å². The molecule has 10 heteroatoms. The SMILES string of the molecule is CCOC(=O)C1=C(C)N=c2s/c(=C\c3ccccc3OCc3ccc(F)cc3)c(=O)n2[C@@H]1c1ccc(OC)cc1OC. The zero-order valence-corrected chi connectivity index (χ0v) is 24.4. The van der Waals surface area contributed by atoms with Crippen LogP contribution >= 0.6 is 11.3 Å². The van der Waals surface area contributed by atoms with E-state index in [2.05, 4.69) is 4.99 Å². The number of aromatic nitrogens is 1. The number of carbonyl (C=O) groups is 1. The smallest absolute Gasteiger partial charge is 0.338 e. The molecule has 3 aromatic carbocycles. The highest BCUT2D eigenvalue weighted by Gasteiger charge is 2.35. The molecule has 8 nitrogen and oxygen atoms in total. The highest BCUT2D eigenvalue weighted by atomic mass is 32.1. The molecule has 1 atom stereocenters. The number of hydrogen-bond donors (Lipinski definition) is 0. The van der Waals surface area contributed by atoms with Gasteiger partial charge in [-0.1, -0.05) is 41.7 Å². The fourth-order valence-electron chi connectivity index (χ4n) is 4.74. The number of allylic oxidation sites excluding steroid dienone is 1. The fraction of sp³-hybridized carbons (Fsp3) is 0.219. The van der Waals surface area contributed by atoms with E-state index < -0.39 is 12.0 Å². The normalized spacial score (nSPS) is 14.7. The van der Waals surface area contributed by atoms with Gasteiger partial charge in [0.05, 0.1) is 36.6 Å². The van der Waals surface area contributed by atoms with Gasteiger partial charge in [0.25, 0.3) is 5.56 Å². The first-order valence-electron chi connectivity index (χ1n) is 13.2. The molecule has 0 spiro atoms. The molecule has 2 heterocycles. The summed E-state index contributed by atoms with van der Waals surface area (Å²) >= 11 is 1.21. The first-order valence-corrected chi connectivity index (χ1v) is 14.0. The highest BCUT2D eigenvalue weighted by molar-refractivity contribution is 7.07. The van der Waals surface area contributed by atoms with Crippen LogP contribution in [0.3, 0.4) is 0 Å². The number of fused-ring (bicyclic) bond motifs is 1. The number of rotatable bonds is 9. The summed E-state index contributed by atoms with van der Waals surface area (Å²) in [5.74, 6) is 0.699. The Labute approximate surface area is 245 Å². The summed E-state index contributed by atoms with van der Waals surface area (Å²) in [4.78, 5) is 32.3. The molecule has 5 rings (SSSR count). The standard InChI is InChI=1S/C32H29FN2O6S/c1-5-40-31(37)28-19(2)34-32-35(29(28)24-15-14-23(38-3)17-26(24)39-4)30(36)27(42-32)16-21-8-6-7-9-25(21)41-18-20-10-12-22(33)13-11-20/h6-17,29H,5,18H2,1-4H3/b27-16-/t29-/m1/s1. The second-order valence-electron chi connectivity index (χ2n) is 9.36. The van der Waals surface area contributed by atoms with Crippen molar-refractivity contribution in [1.29, 1.82) is 0 Å². The predicted molar refractivity (Wildman–Crippen MR) is 157 cm³/mol. The van der Waals surface area contributed by atoms with Crippen LogP contribution in [0.5, 0.6) is 17.2 Å². The molecule has 1 aliphatic heterocycles. The topological polar surface area (TPSA) is 88.4 Å². The van der Waals surface area contributed by atoms with E-state index in [1.54, 1.807) is 63.4 Å². The van der Waals surface area contributed by atoms with Crippen molar-refractivity contribution in [2.24, 2.45) is 4.99 Å². The molecule has 0 saturated heterocycles. The Kier molecular flexibility index (Phi) is 8.53. The Morgan fingerprint density at radius 3 is 2.52 bits per heavy atom. The van der Waals surface area contributed by atoms with Gasteiger partial charge in [0.1, 0.15) is 35.7 Å². The second-order valence-corrected chi connectivity index (χ2v) is 10.4. The third-order valence-corrected chi connectivity index (χ3v) is 7.75. The molecule has 0 unspecified atom stereocenters. The fourth-order valence-corrected chi connectivity index (χ4v) is 5.78. The molecule has 0 fully saturated rings. The van der Waals surface area contributed by atoms with Crippen molar-refractivity contribution in [3.63, 3.8) is 0 Å². The molecular formula is C32H29FN2O6S. The quantitative estimate of drug-likeness (QED) is 0.267. The van der Waals surface area contributed by atoms with E-state index in [1.165, 1.54) is 35.1 Å². The zero-order valence-electron chi connectivity index (χ0n) is 23.5. The molecule has 0 N–H and O–H groups in total. The van der Waals surface area contributed by atoms with Crippen LogP contribution in [0.2, 0.25) is 0 Å². The van der Waals surface area contributed by atoms with Crippen molar-refractivity contribution in [2.75, 3.05) is 20.8 Å². The summed E-state index contributed by atoms with van der Waals surface area (Å²) in [6, 6.07) is 17.8. The van der Waals surface area contributed by atoms with Crippen LogP contribution in [-0.2, 0) is 16.1 Å². The molecule has 42 heavy (non-hydrogen) atoms. The number of esters is 1. The third-order valence-electron chi connectivity index (χ3n) is 6.77. The number of halogens is 1. The Bertz CT molecular complexity index is 1840. The summed E-state index contributed by atoms with van der Waals surface area (Å²) in [5, 5.41) is 0. The molecule has 0 bridgehead atoms. The maximum absolute atomic E-state index is 14.0. The Balaban J connectivity index is 1.63. The molecule has 0 saturated carbocycles. The van der Waals surface area contributed by atoms with E-state index in [0.29, 0.717) is 43.4 Å². The highest BCUT2D eigenvalue weighted by Crippen LogP contribution is 2.37. The van der Waals surface area contributed by atoms with Crippen LogP contribution in [0.1, 0.15) is 36.6 Å². The van der Waals surface area contributed by atoms with Crippen molar-refractivity contribution in [3.05, 3.63) is 120 Å². The average Bonchev–Trinajstić information content (AvgIpc) is 3.30. The zero-order chi connectivity index (χ0) is 29.8. The second kappa shape index (κ2) is 12.4. The van der Waals surface area contributed by atoms with E-state index in [4.69, 9.17) is 18.9 Å². The Morgan fingerprint density at radius 2 is 1.81 bits per heavy atom. The van der Waals surface area contributed by atoms with Gasteiger partial charge < -0.3 is 18.9 Å². The lowest BCUT2D eigenvalue weighted by Crippen LogP contribution is -2.40. The van der Waals surface area contributed by atoms with Crippen molar-refractivity contribution in [1.82, 2.24) is 4.57 Å². The minimum absolute atomic E-state index is 0.168. The number of ether oxygens (including phenoxy) is 4. The van der Waals surface area contributed by atoms with Crippen molar-refractivity contribution < 1.29 is 28.1 Å². The van der Waals surface area contributed by atoms with E-state index in [1.807, 2.05) is 18.2 Å². The molecule has 0 amide bonds. The monoisotopic (exact) mass is 588 g/mol. The summed E-state index contributed by atoms with van der Waals surface area (Å²) in [6.07, 6.45) is 1.75. The number of para-hydroxylation sites is 1. The van der Waals surface area contributed by atoms with Crippen LogP contribution < -0.4 is 29.1 Å². The number of hydrogen-bond acceptors (Lipinski definition) is 8. The van der Waals surface area contributed by atoms with Gasteiger partial charge in [0, 0.05) is 17.2 Å². The molecule has 216 valence electrons. The van der Waals surface area contributed by atoms with E-state index in [-0.39, 0.29) is 30.2 Å². The summed E-state index contributed by atoms with van der Waals surface area (Å²) in [7, 11) is 3.07. The number of methoxy groups -OCH3 is 2. The van der Waals surface area contributed by atoms with Gasteiger partial charge in [-0.25, -0.2) is 14.2 Å². The molecule has 0 aliphatic carbocycles. The number of benzene rings is 3. The predicted octanol–water partition coefficient (Wildman–Crippen LogP) is 4.53. The first-order chi connectivity index (χ1) is 20.3. The first kappa shape index (κ1) is 28.8. The van der Waals surface area contributed by atoms with Crippen molar-refractivity contribution in [3.8, 4) is 17.2 Å². The van der Waals surface area contributed by atoms with E-state index in [0.717, 1.165) is 5.56 Å². The van der Waals surface area contributed by atoms with Gasteiger partial charge in [0.2, 0.25) is 0 Å². The lowest BCUT2D eigenvalue weighted by atomic mass is 9.95. The van der Waals surface area contributed by atoms with Gasteiger partial charge in [-0.05, 0) is 55.8 Å². The van der Waals surface area contributed by atoms with Gasteiger partial charge in [-0.2, -0.15) is 0 Å². The van der Waals surface area contributed by atoms with E-state index in [9.17, 15) is 14.0 Å². The molecular weight excluding hydrogens is 559 g/mol. The molecule has 1 aliphatic rings. The number of nitrogens with zero attached hydrogens (tertiary/aromatic N) is 2. The van der Waals surface area contributed by atoms with Crippen LogP contribution in [-0.4, -0.2) is 31.4 Å². The van der Waals surface area contributed by atoms with Crippen LogP contribution in [0.4, 0.5) is 4.39 Å². The summed E-state index contributed by atoms with van der Waals surface area (Å²) in [6.45, 7) is 3.85.